The van der Waals surface area contributed by atoms with Gasteiger partial charge in [-0.25, -0.2) is 4.39 Å². The lowest BCUT2D eigenvalue weighted by molar-refractivity contribution is 0.102. The van der Waals surface area contributed by atoms with Crippen LogP contribution < -0.4 is 11.1 Å². The summed E-state index contributed by atoms with van der Waals surface area (Å²) in [5.74, 6) is -0.954. The van der Waals surface area contributed by atoms with Gasteiger partial charge in [-0.2, -0.15) is 0 Å². The van der Waals surface area contributed by atoms with Crippen molar-refractivity contribution < 1.29 is 9.18 Å². The van der Waals surface area contributed by atoms with Crippen LogP contribution in [0, 0.1) is 12.7 Å². The molecule has 1 amide bonds. The Kier molecular flexibility index (Phi) is 5.06. The number of halogens is 1. The van der Waals surface area contributed by atoms with Gasteiger partial charge in [0.1, 0.15) is 5.82 Å². The van der Waals surface area contributed by atoms with E-state index in [-0.39, 0.29) is 5.56 Å². The number of hydrogen-bond donors (Lipinski definition) is 2. The fourth-order valence-corrected chi connectivity index (χ4v) is 2.12. The zero-order valence-electron chi connectivity index (χ0n) is 12.0. The van der Waals surface area contributed by atoms with Crippen LogP contribution in [0.1, 0.15) is 27.9 Å². The molecule has 2 aromatic rings. The molecule has 0 saturated carbocycles. The summed E-state index contributed by atoms with van der Waals surface area (Å²) < 4.78 is 13.7. The zero-order chi connectivity index (χ0) is 15.2. The van der Waals surface area contributed by atoms with Crippen LogP contribution in [0.2, 0.25) is 0 Å². The van der Waals surface area contributed by atoms with Crippen LogP contribution in [0.4, 0.5) is 10.1 Å². The van der Waals surface area contributed by atoms with Crippen molar-refractivity contribution in [3.63, 3.8) is 0 Å². The molecule has 0 bridgehead atoms. The quantitative estimate of drug-likeness (QED) is 0.886. The average Bonchev–Trinajstić information content (AvgIpc) is 2.48. The van der Waals surface area contributed by atoms with Crippen molar-refractivity contribution in [1.29, 1.82) is 0 Å². The predicted molar refractivity (Wildman–Crippen MR) is 82.9 cm³/mol. The van der Waals surface area contributed by atoms with E-state index in [0.29, 0.717) is 12.2 Å². The van der Waals surface area contributed by atoms with E-state index in [4.69, 9.17) is 5.73 Å². The van der Waals surface area contributed by atoms with Gasteiger partial charge in [-0.3, -0.25) is 4.79 Å². The summed E-state index contributed by atoms with van der Waals surface area (Å²) in [6, 6.07) is 12.0. The first-order valence-corrected chi connectivity index (χ1v) is 6.96. The highest BCUT2D eigenvalue weighted by Crippen LogP contribution is 2.16. The number of carbonyl (C=O) groups is 1. The Morgan fingerprint density at radius 1 is 1.24 bits per heavy atom. The molecule has 2 aromatic carbocycles. The Morgan fingerprint density at radius 3 is 2.81 bits per heavy atom. The highest BCUT2D eigenvalue weighted by molar-refractivity contribution is 6.04. The minimum atomic E-state index is -0.516. The number of rotatable bonds is 5. The van der Waals surface area contributed by atoms with Crippen molar-refractivity contribution >= 4 is 11.6 Å². The second kappa shape index (κ2) is 6.99. The molecule has 0 atom stereocenters. The molecule has 0 aromatic heterocycles. The molecule has 3 nitrogen and oxygen atoms in total. The molecule has 0 spiro atoms. The number of amides is 1. The normalized spacial score (nSPS) is 10.4. The molecule has 0 unspecified atom stereocenters. The largest absolute Gasteiger partial charge is 0.330 e. The van der Waals surface area contributed by atoms with E-state index in [1.165, 1.54) is 6.07 Å². The monoisotopic (exact) mass is 286 g/mol. The van der Waals surface area contributed by atoms with Gasteiger partial charge in [-0.1, -0.05) is 23.8 Å². The minimum absolute atomic E-state index is 0.0577. The summed E-state index contributed by atoms with van der Waals surface area (Å²) in [5.41, 5.74) is 8.16. The van der Waals surface area contributed by atoms with Crippen molar-refractivity contribution in [2.24, 2.45) is 5.73 Å². The lowest BCUT2D eigenvalue weighted by Crippen LogP contribution is -2.14. The van der Waals surface area contributed by atoms with Gasteiger partial charge in [0.15, 0.2) is 0 Å². The van der Waals surface area contributed by atoms with E-state index < -0.39 is 11.7 Å². The summed E-state index contributed by atoms with van der Waals surface area (Å²) in [6.07, 6.45) is 1.75. The number of aryl methyl sites for hydroxylation is 2. The van der Waals surface area contributed by atoms with Crippen LogP contribution >= 0.6 is 0 Å². The SMILES string of the molecule is Cc1ccc(F)c(C(=O)Nc2cccc(CCCN)c2)c1. The van der Waals surface area contributed by atoms with Crippen LogP contribution in [-0.2, 0) is 6.42 Å². The fourth-order valence-electron chi connectivity index (χ4n) is 2.12. The lowest BCUT2D eigenvalue weighted by Gasteiger charge is -2.08. The number of nitrogens with two attached hydrogens (primary N) is 1. The number of anilines is 1. The summed E-state index contributed by atoms with van der Waals surface area (Å²) in [7, 11) is 0. The molecule has 0 aliphatic carbocycles. The molecule has 4 heteroatoms. The third-order valence-electron chi connectivity index (χ3n) is 3.22. The maximum Gasteiger partial charge on any atom is 0.258 e. The molecule has 0 saturated heterocycles. The van der Waals surface area contributed by atoms with Gasteiger partial charge in [0.25, 0.3) is 5.91 Å². The molecular formula is C17H19FN2O. The summed E-state index contributed by atoms with van der Waals surface area (Å²) in [5, 5.41) is 2.73. The van der Waals surface area contributed by atoms with Crippen molar-refractivity contribution in [2.75, 3.05) is 11.9 Å². The maximum atomic E-state index is 13.7. The highest BCUT2D eigenvalue weighted by atomic mass is 19.1. The summed E-state index contributed by atoms with van der Waals surface area (Å²) in [6.45, 7) is 2.45. The Labute approximate surface area is 124 Å². The third kappa shape index (κ3) is 4.13. The molecule has 21 heavy (non-hydrogen) atoms. The van der Waals surface area contributed by atoms with Crippen molar-refractivity contribution in [2.45, 2.75) is 19.8 Å². The van der Waals surface area contributed by atoms with Gasteiger partial charge in [0.2, 0.25) is 0 Å². The molecule has 2 rings (SSSR count). The topological polar surface area (TPSA) is 55.1 Å². The third-order valence-corrected chi connectivity index (χ3v) is 3.22. The Morgan fingerprint density at radius 2 is 2.05 bits per heavy atom. The average molecular weight is 286 g/mol. The van der Waals surface area contributed by atoms with Crippen LogP contribution in [0.3, 0.4) is 0 Å². The first-order chi connectivity index (χ1) is 10.1. The highest BCUT2D eigenvalue weighted by Gasteiger charge is 2.12. The van der Waals surface area contributed by atoms with E-state index in [0.717, 1.165) is 24.0 Å². The lowest BCUT2D eigenvalue weighted by atomic mass is 10.1. The Hall–Kier alpha value is -2.20. The van der Waals surface area contributed by atoms with Crippen LogP contribution in [0.5, 0.6) is 0 Å². The second-order valence-electron chi connectivity index (χ2n) is 5.03. The first-order valence-electron chi connectivity index (χ1n) is 6.96. The van der Waals surface area contributed by atoms with Crippen LogP contribution in [0.25, 0.3) is 0 Å². The Bertz CT molecular complexity index is 640. The predicted octanol–water partition coefficient (Wildman–Crippen LogP) is 3.28. The fraction of sp³-hybridized carbons (Fsp3) is 0.235. The first kappa shape index (κ1) is 15.2. The number of hydrogen-bond acceptors (Lipinski definition) is 2. The smallest absolute Gasteiger partial charge is 0.258 e. The zero-order valence-corrected chi connectivity index (χ0v) is 12.0. The second-order valence-corrected chi connectivity index (χ2v) is 5.03. The van der Waals surface area contributed by atoms with E-state index in [2.05, 4.69) is 5.32 Å². The molecule has 0 radical (unpaired) electrons. The van der Waals surface area contributed by atoms with Crippen molar-refractivity contribution in [1.82, 2.24) is 0 Å². The van der Waals surface area contributed by atoms with Gasteiger partial charge in [-0.15, -0.1) is 0 Å². The van der Waals surface area contributed by atoms with E-state index in [9.17, 15) is 9.18 Å². The minimum Gasteiger partial charge on any atom is -0.330 e. The van der Waals surface area contributed by atoms with Gasteiger partial charge in [-0.05, 0) is 56.1 Å². The number of nitrogens with one attached hydrogen (secondary N) is 1. The molecule has 3 N–H and O–H groups in total. The molecule has 0 fully saturated rings. The van der Waals surface area contributed by atoms with E-state index >= 15 is 0 Å². The van der Waals surface area contributed by atoms with Crippen LogP contribution in [0.15, 0.2) is 42.5 Å². The van der Waals surface area contributed by atoms with E-state index in [1.54, 1.807) is 18.2 Å². The number of carbonyl (C=O) groups excluding carboxylic acids is 1. The van der Waals surface area contributed by atoms with E-state index in [1.807, 2.05) is 25.1 Å². The maximum absolute atomic E-state index is 13.7. The van der Waals surface area contributed by atoms with Crippen LogP contribution in [-0.4, -0.2) is 12.5 Å². The molecular weight excluding hydrogens is 267 g/mol. The number of benzene rings is 2. The molecule has 0 aliphatic heterocycles. The van der Waals surface area contributed by atoms with Gasteiger partial charge >= 0.3 is 0 Å². The summed E-state index contributed by atoms with van der Waals surface area (Å²) in [4.78, 5) is 12.1. The molecule has 110 valence electrons. The Balaban J connectivity index is 2.14. The van der Waals surface area contributed by atoms with Crippen molar-refractivity contribution in [3.05, 3.63) is 65.0 Å². The molecule has 0 heterocycles. The standard InChI is InChI=1S/C17H19FN2O/c1-12-7-8-16(18)15(10-12)17(21)20-14-6-2-4-13(11-14)5-3-9-19/h2,4,6-8,10-11H,3,5,9,19H2,1H3,(H,20,21). The van der Waals surface area contributed by atoms with Crippen molar-refractivity contribution in [3.8, 4) is 0 Å². The van der Waals surface area contributed by atoms with Gasteiger partial charge < -0.3 is 11.1 Å². The molecule has 0 aliphatic rings. The van der Waals surface area contributed by atoms with Gasteiger partial charge in [0, 0.05) is 5.69 Å². The summed E-state index contributed by atoms with van der Waals surface area (Å²) >= 11 is 0. The van der Waals surface area contributed by atoms with Gasteiger partial charge in [0.05, 0.1) is 5.56 Å².